The van der Waals surface area contributed by atoms with Crippen LogP contribution in [0.5, 0.6) is 0 Å². The van der Waals surface area contributed by atoms with E-state index >= 15 is 0 Å². The highest BCUT2D eigenvalue weighted by molar-refractivity contribution is 6.09. The number of nitrogens with one attached hydrogen (secondary N) is 1. The molecular weight excluding hydrogens is 348 g/mol. The quantitative estimate of drug-likeness (QED) is 0.637. The molecule has 3 aromatic rings. The van der Waals surface area contributed by atoms with Crippen molar-refractivity contribution in [2.45, 2.75) is 40.2 Å². The van der Waals surface area contributed by atoms with Crippen LogP contribution >= 0.6 is 0 Å². The zero-order valence-electron chi connectivity index (χ0n) is 16.9. The summed E-state index contributed by atoms with van der Waals surface area (Å²) < 4.78 is 5.93. The monoisotopic (exact) mass is 374 g/mol. The average Bonchev–Trinajstić information content (AvgIpc) is 3.10. The van der Waals surface area contributed by atoms with Crippen LogP contribution in [0.3, 0.4) is 0 Å². The first-order chi connectivity index (χ1) is 13.5. The molecule has 0 spiro atoms. The molecule has 0 radical (unpaired) electrons. The Morgan fingerprint density at radius 1 is 1.11 bits per heavy atom. The lowest BCUT2D eigenvalue weighted by Gasteiger charge is -2.36. The Balaban J connectivity index is 1.74. The fourth-order valence-corrected chi connectivity index (χ4v) is 3.73. The van der Waals surface area contributed by atoms with Gasteiger partial charge in [-0.3, -0.25) is 4.79 Å². The number of benzene rings is 2. The first-order valence-corrected chi connectivity index (χ1v) is 9.83. The van der Waals surface area contributed by atoms with Crippen molar-refractivity contribution in [3.8, 4) is 11.3 Å². The second kappa shape index (κ2) is 7.19. The SMILES string of the molecule is CCC1CN(C(=O)c2cc(-c3ccccc3)oc2C)c2cc(C)c(C)cc2N1. The Morgan fingerprint density at radius 2 is 1.82 bits per heavy atom. The topological polar surface area (TPSA) is 45.5 Å². The number of aryl methyl sites for hydroxylation is 3. The van der Waals surface area contributed by atoms with E-state index < -0.39 is 0 Å². The lowest BCUT2D eigenvalue weighted by atomic mass is 10.0. The Kier molecular flexibility index (Phi) is 4.71. The smallest absolute Gasteiger partial charge is 0.261 e. The van der Waals surface area contributed by atoms with E-state index in [1.807, 2.05) is 48.2 Å². The Bertz CT molecular complexity index is 1020. The molecule has 4 rings (SSSR count). The predicted molar refractivity (Wildman–Crippen MR) is 114 cm³/mol. The van der Waals surface area contributed by atoms with Crippen molar-refractivity contribution in [2.24, 2.45) is 0 Å². The van der Waals surface area contributed by atoms with Crippen LogP contribution in [0, 0.1) is 20.8 Å². The van der Waals surface area contributed by atoms with E-state index in [9.17, 15) is 4.79 Å². The van der Waals surface area contributed by atoms with Crippen molar-refractivity contribution in [1.29, 1.82) is 0 Å². The largest absolute Gasteiger partial charge is 0.461 e. The third-order valence-electron chi connectivity index (χ3n) is 5.61. The summed E-state index contributed by atoms with van der Waals surface area (Å²) in [5, 5.41) is 3.58. The van der Waals surface area contributed by atoms with Gasteiger partial charge in [-0.05, 0) is 56.5 Å². The van der Waals surface area contributed by atoms with E-state index in [1.165, 1.54) is 11.1 Å². The fraction of sp³-hybridized carbons (Fsp3) is 0.292. The van der Waals surface area contributed by atoms with Gasteiger partial charge < -0.3 is 14.6 Å². The molecule has 1 aliphatic rings. The maximum absolute atomic E-state index is 13.5. The highest BCUT2D eigenvalue weighted by Crippen LogP contribution is 2.36. The summed E-state index contributed by atoms with van der Waals surface area (Å²) in [6.45, 7) is 8.84. The van der Waals surface area contributed by atoms with Crippen LogP contribution in [-0.2, 0) is 0 Å². The molecule has 2 aromatic carbocycles. The number of nitrogens with zero attached hydrogens (tertiary/aromatic N) is 1. The third kappa shape index (κ3) is 3.19. The standard InChI is InChI=1S/C24H26N2O2/c1-5-19-14-26(22-12-16(3)15(2)11-21(22)25-19)24(27)20-13-23(28-17(20)4)18-9-7-6-8-10-18/h6-13,19,25H,5,14H2,1-4H3. The molecule has 1 aromatic heterocycles. The molecule has 4 heteroatoms. The number of anilines is 2. The summed E-state index contributed by atoms with van der Waals surface area (Å²) in [7, 11) is 0. The van der Waals surface area contributed by atoms with Crippen LogP contribution < -0.4 is 10.2 Å². The van der Waals surface area contributed by atoms with Crippen molar-refractivity contribution in [1.82, 2.24) is 0 Å². The molecule has 1 unspecified atom stereocenters. The summed E-state index contributed by atoms with van der Waals surface area (Å²) in [5.74, 6) is 1.37. The molecule has 1 atom stereocenters. The van der Waals surface area contributed by atoms with Gasteiger partial charge >= 0.3 is 0 Å². The summed E-state index contributed by atoms with van der Waals surface area (Å²) >= 11 is 0. The zero-order valence-corrected chi connectivity index (χ0v) is 16.9. The molecule has 0 saturated heterocycles. The van der Waals surface area contributed by atoms with Gasteiger partial charge in [0.05, 0.1) is 16.9 Å². The van der Waals surface area contributed by atoms with Crippen molar-refractivity contribution in [2.75, 3.05) is 16.8 Å². The lowest BCUT2D eigenvalue weighted by molar-refractivity contribution is 0.0983. The maximum Gasteiger partial charge on any atom is 0.261 e. The molecule has 0 aliphatic carbocycles. The molecule has 4 nitrogen and oxygen atoms in total. The first-order valence-electron chi connectivity index (χ1n) is 9.83. The minimum atomic E-state index is -0.00659. The molecule has 2 heterocycles. The molecule has 28 heavy (non-hydrogen) atoms. The number of hydrogen-bond acceptors (Lipinski definition) is 3. The van der Waals surface area contributed by atoms with E-state index in [1.54, 1.807) is 0 Å². The minimum absolute atomic E-state index is 0.00659. The molecule has 0 fully saturated rings. The first kappa shape index (κ1) is 18.4. The molecule has 1 amide bonds. The van der Waals surface area contributed by atoms with Gasteiger partial charge in [0.1, 0.15) is 11.5 Å². The molecule has 144 valence electrons. The minimum Gasteiger partial charge on any atom is -0.461 e. The summed E-state index contributed by atoms with van der Waals surface area (Å²) in [5.41, 5.74) is 5.98. The molecule has 1 N–H and O–H groups in total. The molecule has 0 bridgehead atoms. The fourth-order valence-electron chi connectivity index (χ4n) is 3.73. The molecule has 1 aliphatic heterocycles. The van der Waals surface area contributed by atoms with Gasteiger partial charge in [0, 0.05) is 18.2 Å². The number of fused-ring (bicyclic) bond motifs is 1. The van der Waals surface area contributed by atoms with Crippen LogP contribution in [0.1, 0.15) is 40.6 Å². The van der Waals surface area contributed by atoms with Gasteiger partial charge in [0.15, 0.2) is 0 Å². The van der Waals surface area contributed by atoms with E-state index in [4.69, 9.17) is 4.42 Å². The van der Waals surface area contributed by atoms with E-state index in [0.717, 1.165) is 29.1 Å². The van der Waals surface area contributed by atoms with Gasteiger partial charge in [-0.25, -0.2) is 0 Å². The second-order valence-electron chi connectivity index (χ2n) is 7.57. The number of rotatable bonds is 3. The second-order valence-corrected chi connectivity index (χ2v) is 7.57. The van der Waals surface area contributed by atoms with Gasteiger partial charge in [-0.1, -0.05) is 37.3 Å². The van der Waals surface area contributed by atoms with Gasteiger partial charge in [0.25, 0.3) is 5.91 Å². The highest BCUT2D eigenvalue weighted by atomic mass is 16.3. The van der Waals surface area contributed by atoms with E-state index in [0.29, 0.717) is 17.9 Å². The normalized spacial score (nSPS) is 15.9. The van der Waals surface area contributed by atoms with Gasteiger partial charge in [-0.15, -0.1) is 0 Å². The van der Waals surface area contributed by atoms with Crippen LogP contribution in [0.4, 0.5) is 11.4 Å². The van der Waals surface area contributed by atoms with Gasteiger partial charge in [-0.2, -0.15) is 0 Å². The van der Waals surface area contributed by atoms with Crippen molar-refractivity contribution in [3.05, 3.63) is 71.0 Å². The Labute approximate surface area is 166 Å². The van der Waals surface area contributed by atoms with Crippen LogP contribution in [0.25, 0.3) is 11.3 Å². The lowest BCUT2D eigenvalue weighted by Crippen LogP contribution is -2.44. The number of amides is 1. The van der Waals surface area contributed by atoms with E-state index in [-0.39, 0.29) is 11.9 Å². The van der Waals surface area contributed by atoms with Crippen LogP contribution in [-0.4, -0.2) is 18.5 Å². The van der Waals surface area contributed by atoms with Gasteiger partial charge in [0.2, 0.25) is 0 Å². The van der Waals surface area contributed by atoms with Crippen molar-refractivity contribution >= 4 is 17.3 Å². The van der Waals surface area contributed by atoms with Crippen LogP contribution in [0.2, 0.25) is 0 Å². The summed E-state index contributed by atoms with van der Waals surface area (Å²) in [4.78, 5) is 15.4. The Morgan fingerprint density at radius 3 is 2.54 bits per heavy atom. The third-order valence-corrected chi connectivity index (χ3v) is 5.61. The molecule has 0 saturated carbocycles. The van der Waals surface area contributed by atoms with E-state index in [2.05, 4.69) is 38.2 Å². The summed E-state index contributed by atoms with van der Waals surface area (Å²) in [6.07, 6.45) is 0.954. The van der Waals surface area contributed by atoms with Crippen LogP contribution in [0.15, 0.2) is 52.9 Å². The van der Waals surface area contributed by atoms with Crippen molar-refractivity contribution < 1.29 is 9.21 Å². The maximum atomic E-state index is 13.5. The summed E-state index contributed by atoms with van der Waals surface area (Å²) in [6, 6.07) is 16.3. The number of furan rings is 1. The number of carbonyl (C=O) groups is 1. The number of carbonyl (C=O) groups excluding carboxylic acids is 1. The molecular formula is C24H26N2O2. The average molecular weight is 374 g/mol. The number of hydrogen-bond donors (Lipinski definition) is 1. The Hall–Kier alpha value is -3.01. The zero-order chi connectivity index (χ0) is 19.8. The predicted octanol–water partition coefficient (Wildman–Crippen LogP) is 5.72. The highest BCUT2D eigenvalue weighted by Gasteiger charge is 2.30. The van der Waals surface area contributed by atoms with Crippen molar-refractivity contribution in [3.63, 3.8) is 0 Å².